The highest BCUT2D eigenvalue weighted by Crippen LogP contribution is 2.38. The first-order valence-corrected chi connectivity index (χ1v) is 11.2. The van der Waals surface area contributed by atoms with E-state index < -0.39 is 0 Å². The Balaban J connectivity index is 1.55. The van der Waals surface area contributed by atoms with E-state index in [4.69, 9.17) is 19.5 Å². The first kappa shape index (κ1) is 21.5. The van der Waals surface area contributed by atoms with Gasteiger partial charge in [0.2, 0.25) is 11.9 Å². The number of benzene rings is 2. The smallest absolute Gasteiger partial charge is 0.216 e. The number of fused-ring (bicyclic) bond motifs is 5. The fourth-order valence-electron chi connectivity index (χ4n) is 4.52. The third kappa shape index (κ3) is 3.98. The Hall–Kier alpha value is -3.30. The molecule has 1 N–H and O–H groups in total. The van der Waals surface area contributed by atoms with Gasteiger partial charge in [0, 0.05) is 18.2 Å². The molecule has 5 rings (SSSR count). The molecule has 1 aromatic heterocycles. The van der Waals surface area contributed by atoms with Crippen LogP contribution in [0.4, 0.5) is 5.95 Å². The number of rotatable bonds is 7. The molecule has 174 valence electrons. The van der Waals surface area contributed by atoms with E-state index in [-0.39, 0.29) is 6.17 Å². The zero-order chi connectivity index (χ0) is 22.9. The predicted octanol–water partition coefficient (Wildman–Crippen LogP) is 2.55. The second kappa shape index (κ2) is 8.92. The standard InChI is InChI=1S/C24H31N7O2/c1-28(2)12-7-13-29-15-25-23-27-22(18-11-10-17(32-3)14-21(18)33-4)31-20-9-6-5-8-19(20)26-24(31)30(23)16-29/h5-6,8-11,14,22H,7,12-13,15-16H2,1-4H3,(H,25,27). The van der Waals surface area contributed by atoms with Gasteiger partial charge in [-0.3, -0.25) is 14.4 Å². The van der Waals surface area contributed by atoms with Crippen molar-refractivity contribution < 1.29 is 9.47 Å². The normalized spacial score (nSPS) is 18.0. The molecule has 1 atom stereocenters. The molecule has 3 aromatic rings. The molecule has 0 aliphatic carbocycles. The number of methoxy groups -OCH3 is 2. The third-order valence-corrected chi connectivity index (χ3v) is 6.18. The van der Waals surface area contributed by atoms with E-state index in [1.54, 1.807) is 14.2 Å². The van der Waals surface area contributed by atoms with Crippen molar-refractivity contribution >= 4 is 22.9 Å². The van der Waals surface area contributed by atoms with Crippen molar-refractivity contribution in [2.45, 2.75) is 12.6 Å². The first-order chi connectivity index (χ1) is 16.1. The van der Waals surface area contributed by atoms with Gasteiger partial charge in [0.1, 0.15) is 17.7 Å². The van der Waals surface area contributed by atoms with E-state index >= 15 is 0 Å². The fraction of sp³-hybridized carbons (Fsp3) is 0.417. The SMILES string of the molecule is COc1ccc(C2NC3=NCN(CCCN(C)C)CN3c3nc4ccccc4n32)c(OC)c1. The molecule has 9 heteroatoms. The van der Waals surface area contributed by atoms with Gasteiger partial charge in [-0.15, -0.1) is 0 Å². The van der Waals surface area contributed by atoms with Crippen LogP contribution in [0.15, 0.2) is 47.5 Å². The summed E-state index contributed by atoms with van der Waals surface area (Å²) in [7, 11) is 7.56. The van der Waals surface area contributed by atoms with Crippen molar-refractivity contribution in [1.82, 2.24) is 24.7 Å². The van der Waals surface area contributed by atoms with Crippen LogP contribution >= 0.6 is 0 Å². The molecule has 1 unspecified atom stereocenters. The Morgan fingerprint density at radius 2 is 1.97 bits per heavy atom. The van der Waals surface area contributed by atoms with Gasteiger partial charge >= 0.3 is 0 Å². The Kier molecular flexibility index (Phi) is 5.82. The fourth-order valence-corrected chi connectivity index (χ4v) is 4.52. The third-order valence-electron chi connectivity index (χ3n) is 6.18. The van der Waals surface area contributed by atoms with Gasteiger partial charge < -0.3 is 19.7 Å². The zero-order valence-electron chi connectivity index (χ0n) is 19.7. The minimum absolute atomic E-state index is 0.205. The molecule has 0 amide bonds. The quantitative estimate of drug-likeness (QED) is 0.594. The first-order valence-electron chi connectivity index (χ1n) is 11.2. The summed E-state index contributed by atoms with van der Waals surface area (Å²) in [6, 6.07) is 14.1. The Morgan fingerprint density at radius 3 is 2.76 bits per heavy atom. The highest BCUT2D eigenvalue weighted by atomic mass is 16.5. The number of ether oxygens (including phenoxy) is 2. The molecule has 9 nitrogen and oxygen atoms in total. The summed E-state index contributed by atoms with van der Waals surface area (Å²) in [4.78, 5) is 16.6. The Bertz CT molecular complexity index is 1170. The monoisotopic (exact) mass is 449 g/mol. The van der Waals surface area contributed by atoms with Crippen LogP contribution in [-0.2, 0) is 0 Å². The summed E-state index contributed by atoms with van der Waals surface area (Å²) in [5.41, 5.74) is 3.02. The number of aromatic nitrogens is 2. The van der Waals surface area contributed by atoms with Gasteiger partial charge in [-0.1, -0.05) is 12.1 Å². The summed E-state index contributed by atoms with van der Waals surface area (Å²) in [6.45, 7) is 3.46. The number of para-hydroxylation sites is 2. The maximum absolute atomic E-state index is 5.74. The van der Waals surface area contributed by atoms with Crippen molar-refractivity contribution in [2.24, 2.45) is 4.99 Å². The lowest BCUT2D eigenvalue weighted by atomic mass is 10.1. The zero-order valence-corrected chi connectivity index (χ0v) is 19.7. The largest absolute Gasteiger partial charge is 0.497 e. The summed E-state index contributed by atoms with van der Waals surface area (Å²) >= 11 is 0. The molecule has 2 aromatic carbocycles. The molecule has 0 radical (unpaired) electrons. The Morgan fingerprint density at radius 1 is 1.12 bits per heavy atom. The van der Waals surface area contributed by atoms with Crippen LogP contribution in [0.2, 0.25) is 0 Å². The lowest BCUT2D eigenvalue weighted by Crippen LogP contribution is -2.57. The molecule has 3 heterocycles. The second-order valence-corrected chi connectivity index (χ2v) is 8.67. The number of hydrogen-bond acceptors (Lipinski definition) is 8. The summed E-state index contributed by atoms with van der Waals surface area (Å²) < 4.78 is 13.4. The number of anilines is 1. The van der Waals surface area contributed by atoms with Gasteiger partial charge in [0.25, 0.3) is 0 Å². The molecular formula is C24H31N7O2. The highest BCUT2D eigenvalue weighted by Gasteiger charge is 2.36. The van der Waals surface area contributed by atoms with Crippen molar-refractivity contribution in [2.75, 3.05) is 59.6 Å². The van der Waals surface area contributed by atoms with Gasteiger partial charge in [0.15, 0.2) is 0 Å². The van der Waals surface area contributed by atoms with E-state index in [2.05, 4.69) is 50.8 Å². The lowest BCUT2D eigenvalue weighted by Gasteiger charge is -2.42. The van der Waals surface area contributed by atoms with E-state index in [1.165, 1.54) is 0 Å². The van der Waals surface area contributed by atoms with Crippen LogP contribution in [0.1, 0.15) is 18.2 Å². The van der Waals surface area contributed by atoms with Crippen molar-refractivity contribution in [3.8, 4) is 11.5 Å². The van der Waals surface area contributed by atoms with Gasteiger partial charge in [-0.25, -0.2) is 9.98 Å². The van der Waals surface area contributed by atoms with Crippen molar-refractivity contribution in [3.63, 3.8) is 0 Å². The minimum atomic E-state index is -0.205. The molecule has 0 saturated carbocycles. The maximum Gasteiger partial charge on any atom is 0.216 e. The maximum atomic E-state index is 5.74. The average Bonchev–Trinajstić information content (AvgIpc) is 3.23. The molecule has 0 spiro atoms. The number of aliphatic imine (C=N–C) groups is 1. The van der Waals surface area contributed by atoms with Crippen LogP contribution in [0, 0.1) is 0 Å². The van der Waals surface area contributed by atoms with E-state index in [0.717, 1.165) is 66.2 Å². The van der Waals surface area contributed by atoms with Crippen LogP contribution in [-0.4, -0.2) is 80.1 Å². The number of nitrogens with zero attached hydrogens (tertiary/aromatic N) is 6. The Labute approximate surface area is 194 Å². The molecule has 0 fully saturated rings. The average molecular weight is 450 g/mol. The van der Waals surface area contributed by atoms with Gasteiger partial charge in [-0.05, 0) is 51.3 Å². The number of imidazole rings is 1. The lowest BCUT2D eigenvalue weighted by molar-refractivity contribution is 0.253. The van der Waals surface area contributed by atoms with Gasteiger partial charge in [0.05, 0.1) is 38.6 Å². The summed E-state index contributed by atoms with van der Waals surface area (Å²) in [6.07, 6.45) is 0.893. The number of hydrogen-bond donors (Lipinski definition) is 1. The van der Waals surface area contributed by atoms with Crippen LogP contribution in [0.3, 0.4) is 0 Å². The van der Waals surface area contributed by atoms with Crippen LogP contribution < -0.4 is 19.7 Å². The van der Waals surface area contributed by atoms with Crippen molar-refractivity contribution in [3.05, 3.63) is 48.0 Å². The summed E-state index contributed by atoms with van der Waals surface area (Å²) in [5, 5.41) is 3.66. The highest BCUT2D eigenvalue weighted by molar-refractivity contribution is 5.99. The van der Waals surface area contributed by atoms with E-state index in [1.807, 2.05) is 30.3 Å². The predicted molar refractivity (Wildman–Crippen MR) is 130 cm³/mol. The van der Waals surface area contributed by atoms with E-state index in [9.17, 15) is 0 Å². The van der Waals surface area contributed by atoms with Crippen molar-refractivity contribution in [1.29, 1.82) is 0 Å². The minimum Gasteiger partial charge on any atom is -0.497 e. The molecule has 33 heavy (non-hydrogen) atoms. The van der Waals surface area contributed by atoms with Crippen LogP contribution in [0.5, 0.6) is 11.5 Å². The molecule has 2 aliphatic rings. The molecule has 0 bridgehead atoms. The molecule has 0 saturated heterocycles. The second-order valence-electron chi connectivity index (χ2n) is 8.67. The van der Waals surface area contributed by atoms with Gasteiger partial charge in [-0.2, -0.15) is 0 Å². The van der Waals surface area contributed by atoms with E-state index in [0.29, 0.717) is 6.67 Å². The molecule has 2 aliphatic heterocycles. The molecular weight excluding hydrogens is 418 g/mol. The number of nitrogens with one attached hydrogen (secondary N) is 1. The summed E-state index contributed by atoms with van der Waals surface area (Å²) in [5.74, 6) is 3.23. The topological polar surface area (TPSA) is 70.4 Å². The van der Waals surface area contributed by atoms with Crippen LogP contribution in [0.25, 0.3) is 11.0 Å². The number of guanidine groups is 1.